The Labute approximate surface area is 103 Å². The van der Waals surface area contributed by atoms with Crippen LogP contribution in [0, 0.1) is 0 Å². The molecule has 0 N–H and O–H groups in total. The van der Waals surface area contributed by atoms with E-state index in [0.29, 0.717) is 6.42 Å². The molecule has 2 nitrogen and oxygen atoms in total. The van der Waals surface area contributed by atoms with E-state index in [4.69, 9.17) is 4.74 Å². The molecule has 1 aliphatic carbocycles. The number of carbonyl (C=O) groups is 1. The average molecular weight is 281 g/mol. The zero-order valence-corrected chi connectivity index (χ0v) is 10.5. The average Bonchev–Trinajstić information content (AvgIpc) is 2.65. The van der Waals surface area contributed by atoms with E-state index in [-0.39, 0.29) is 11.4 Å². The highest BCUT2D eigenvalue weighted by Gasteiger charge is 2.43. The first kappa shape index (κ1) is 10.3. The summed E-state index contributed by atoms with van der Waals surface area (Å²) in [6.45, 7) is 0. The van der Waals surface area contributed by atoms with Crippen LogP contribution in [0.25, 0.3) is 0 Å². The van der Waals surface area contributed by atoms with Crippen molar-refractivity contribution in [3.63, 3.8) is 0 Å². The molecule has 16 heavy (non-hydrogen) atoms. The number of Topliss-reactive ketones (excluding diaryl/α,β-unsaturated/α-hetero) is 1. The van der Waals surface area contributed by atoms with Gasteiger partial charge in [0, 0.05) is 4.47 Å². The van der Waals surface area contributed by atoms with Crippen LogP contribution < -0.4 is 4.74 Å². The van der Waals surface area contributed by atoms with Crippen molar-refractivity contribution in [2.24, 2.45) is 0 Å². The molecule has 1 spiro atoms. The van der Waals surface area contributed by atoms with E-state index in [0.717, 1.165) is 28.6 Å². The third-order valence-electron chi connectivity index (χ3n) is 3.58. The van der Waals surface area contributed by atoms with Gasteiger partial charge in [0.25, 0.3) is 0 Å². The van der Waals surface area contributed by atoms with Crippen LogP contribution in [0.5, 0.6) is 5.75 Å². The molecule has 0 bridgehead atoms. The summed E-state index contributed by atoms with van der Waals surface area (Å²) in [5.41, 5.74) is 0.533. The molecule has 1 saturated carbocycles. The predicted molar refractivity (Wildman–Crippen MR) is 64.9 cm³/mol. The molecule has 1 aromatic carbocycles. The molecule has 2 aliphatic rings. The van der Waals surface area contributed by atoms with Gasteiger partial charge < -0.3 is 4.74 Å². The van der Waals surface area contributed by atoms with E-state index in [2.05, 4.69) is 15.9 Å². The monoisotopic (exact) mass is 280 g/mol. The minimum absolute atomic E-state index is 0.190. The number of ether oxygens (including phenoxy) is 1. The Bertz CT molecular complexity index is 447. The van der Waals surface area contributed by atoms with E-state index < -0.39 is 0 Å². The summed E-state index contributed by atoms with van der Waals surface area (Å²) in [4.78, 5) is 12.2. The lowest BCUT2D eigenvalue weighted by Gasteiger charge is -2.35. The lowest BCUT2D eigenvalue weighted by atomic mass is 9.89. The van der Waals surface area contributed by atoms with E-state index in [1.165, 1.54) is 12.8 Å². The maximum absolute atomic E-state index is 12.2. The molecule has 0 radical (unpaired) electrons. The number of ketones is 1. The first-order valence-corrected chi connectivity index (χ1v) is 6.50. The molecule has 1 aromatic rings. The Hall–Kier alpha value is -0.830. The second kappa shape index (κ2) is 3.59. The van der Waals surface area contributed by atoms with Crippen LogP contribution >= 0.6 is 15.9 Å². The number of halogens is 1. The Morgan fingerprint density at radius 2 is 2.00 bits per heavy atom. The highest BCUT2D eigenvalue weighted by Crippen LogP contribution is 2.44. The van der Waals surface area contributed by atoms with Crippen molar-refractivity contribution >= 4 is 21.7 Å². The van der Waals surface area contributed by atoms with Gasteiger partial charge in [-0.2, -0.15) is 0 Å². The highest BCUT2D eigenvalue weighted by atomic mass is 79.9. The van der Waals surface area contributed by atoms with Gasteiger partial charge in [0.05, 0.1) is 12.0 Å². The number of fused-ring (bicyclic) bond motifs is 1. The summed E-state index contributed by atoms with van der Waals surface area (Å²) in [6, 6.07) is 5.72. The quantitative estimate of drug-likeness (QED) is 0.724. The molecule has 0 aromatic heterocycles. The van der Waals surface area contributed by atoms with Crippen LogP contribution in [0.4, 0.5) is 0 Å². The summed E-state index contributed by atoms with van der Waals surface area (Å²) >= 11 is 3.42. The van der Waals surface area contributed by atoms with Crippen molar-refractivity contribution in [3.8, 4) is 5.75 Å². The fourth-order valence-electron chi connectivity index (χ4n) is 2.81. The van der Waals surface area contributed by atoms with Crippen molar-refractivity contribution in [1.29, 1.82) is 0 Å². The third-order valence-corrected chi connectivity index (χ3v) is 4.24. The minimum Gasteiger partial charge on any atom is -0.486 e. The Morgan fingerprint density at radius 3 is 2.75 bits per heavy atom. The fraction of sp³-hybridized carbons (Fsp3) is 0.462. The normalized spacial score (nSPS) is 21.9. The van der Waals surface area contributed by atoms with Crippen LogP contribution in [0.1, 0.15) is 42.5 Å². The molecule has 0 amide bonds. The molecule has 0 atom stereocenters. The number of benzene rings is 1. The molecule has 84 valence electrons. The molecule has 0 unspecified atom stereocenters. The summed E-state index contributed by atoms with van der Waals surface area (Å²) in [7, 11) is 0. The van der Waals surface area contributed by atoms with E-state index in [1.54, 1.807) is 0 Å². The number of carbonyl (C=O) groups excluding carboxylic acids is 1. The van der Waals surface area contributed by atoms with Crippen LogP contribution in [0.3, 0.4) is 0 Å². The zero-order valence-electron chi connectivity index (χ0n) is 8.96. The summed E-state index contributed by atoms with van der Waals surface area (Å²) in [5.74, 6) is 0.975. The fourth-order valence-corrected chi connectivity index (χ4v) is 3.38. The molecular formula is C13H13BrO2. The lowest BCUT2D eigenvalue weighted by Crippen LogP contribution is -2.39. The smallest absolute Gasteiger partial charge is 0.171 e. The van der Waals surface area contributed by atoms with Gasteiger partial charge in [-0.25, -0.2) is 0 Å². The van der Waals surface area contributed by atoms with Gasteiger partial charge in [-0.15, -0.1) is 0 Å². The molecule has 1 fully saturated rings. The van der Waals surface area contributed by atoms with Crippen molar-refractivity contribution in [3.05, 3.63) is 28.2 Å². The largest absolute Gasteiger partial charge is 0.486 e. The van der Waals surface area contributed by atoms with Crippen LogP contribution in [0.2, 0.25) is 0 Å². The summed E-state index contributed by atoms with van der Waals surface area (Å²) in [5, 5.41) is 0. The van der Waals surface area contributed by atoms with Gasteiger partial charge >= 0.3 is 0 Å². The number of rotatable bonds is 0. The molecule has 1 aliphatic heterocycles. The van der Waals surface area contributed by atoms with Gasteiger partial charge in [0.15, 0.2) is 5.78 Å². The molecule has 3 rings (SSSR count). The highest BCUT2D eigenvalue weighted by molar-refractivity contribution is 9.10. The van der Waals surface area contributed by atoms with Gasteiger partial charge in [-0.05, 0) is 53.7 Å². The first-order valence-electron chi connectivity index (χ1n) is 5.71. The Morgan fingerprint density at radius 1 is 1.25 bits per heavy atom. The lowest BCUT2D eigenvalue weighted by molar-refractivity contribution is 0.0449. The van der Waals surface area contributed by atoms with Crippen LogP contribution in [-0.4, -0.2) is 11.4 Å². The van der Waals surface area contributed by atoms with Crippen molar-refractivity contribution in [2.45, 2.75) is 37.7 Å². The summed E-state index contributed by atoms with van der Waals surface area (Å²) < 4.78 is 6.93. The van der Waals surface area contributed by atoms with Gasteiger partial charge in [0.1, 0.15) is 11.4 Å². The third kappa shape index (κ3) is 1.49. The van der Waals surface area contributed by atoms with Crippen molar-refractivity contribution in [2.75, 3.05) is 0 Å². The molecular weight excluding hydrogens is 268 g/mol. The van der Waals surface area contributed by atoms with Gasteiger partial charge in [0.2, 0.25) is 0 Å². The zero-order chi connectivity index (χ0) is 11.2. The molecule has 1 heterocycles. The predicted octanol–water partition coefficient (Wildman–Crippen LogP) is 3.73. The second-order valence-electron chi connectivity index (χ2n) is 4.71. The minimum atomic E-state index is -0.190. The maximum atomic E-state index is 12.2. The first-order chi connectivity index (χ1) is 7.70. The van der Waals surface area contributed by atoms with E-state index in [1.807, 2.05) is 18.2 Å². The topological polar surface area (TPSA) is 26.3 Å². The maximum Gasteiger partial charge on any atom is 0.171 e. The Balaban J connectivity index is 2.06. The van der Waals surface area contributed by atoms with Crippen molar-refractivity contribution in [1.82, 2.24) is 0 Å². The summed E-state index contributed by atoms with van der Waals surface area (Å²) in [6.07, 6.45) is 4.94. The standard InChI is InChI=1S/C13H13BrO2/c14-9-4-3-5-11-12(9)10(15)8-13(16-11)6-1-2-7-13/h3-5H,1-2,6-8H2. The Kier molecular flexibility index (Phi) is 2.32. The van der Waals surface area contributed by atoms with E-state index >= 15 is 0 Å². The van der Waals surface area contributed by atoms with Crippen LogP contribution in [0.15, 0.2) is 22.7 Å². The SMILES string of the molecule is O=C1CC2(CCCC2)Oc2cccc(Br)c21. The van der Waals surface area contributed by atoms with Crippen LogP contribution in [-0.2, 0) is 0 Å². The van der Waals surface area contributed by atoms with Crippen molar-refractivity contribution < 1.29 is 9.53 Å². The second-order valence-corrected chi connectivity index (χ2v) is 5.56. The van der Waals surface area contributed by atoms with E-state index in [9.17, 15) is 4.79 Å². The van der Waals surface area contributed by atoms with Gasteiger partial charge in [-0.3, -0.25) is 4.79 Å². The number of hydrogen-bond donors (Lipinski definition) is 0. The molecule has 3 heteroatoms. The molecule has 0 saturated heterocycles. The van der Waals surface area contributed by atoms with Gasteiger partial charge in [-0.1, -0.05) is 6.07 Å². The number of hydrogen-bond acceptors (Lipinski definition) is 2.